The molecule has 126 valence electrons. The Morgan fingerprint density at radius 3 is 2.48 bits per heavy atom. The number of non-ortho nitro benzene ring substituents is 1. The van der Waals surface area contributed by atoms with E-state index < -0.39 is 27.7 Å². The van der Waals surface area contributed by atoms with E-state index in [0.29, 0.717) is 11.1 Å². The van der Waals surface area contributed by atoms with Crippen LogP contribution in [0.15, 0.2) is 53.5 Å². The zero-order chi connectivity index (χ0) is 18.1. The second kappa shape index (κ2) is 6.16. The Labute approximate surface area is 139 Å². The monoisotopic (exact) mass is 342 g/mol. The van der Waals surface area contributed by atoms with Crippen molar-refractivity contribution in [1.29, 1.82) is 0 Å². The van der Waals surface area contributed by atoms with Crippen LogP contribution in [0.1, 0.15) is 15.9 Å². The predicted molar refractivity (Wildman–Crippen MR) is 87.3 cm³/mol. The van der Waals surface area contributed by atoms with Gasteiger partial charge in [0.25, 0.3) is 5.69 Å². The number of aromatic carboxylic acids is 1. The van der Waals surface area contributed by atoms with Gasteiger partial charge in [0, 0.05) is 24.9 Å². The van der Waals surface area contributed by atoms with E-state index in [1.165, 1.54) is 47.2 Å². The van der Waals surface area contributed by atoms with Crippen molar-refractivity contribution in [3.63, 3.8) is 0 Å². The molecule has 3 rings (SSSR count). The lowest BCUT2D eigenvalue weighted by Crippen LogP contribution is -2.19. The fourth-order valence-corrected chi connectivity index (χ4v) is 2.57. The molecule has 3 aromatic rings. The van der Waals surface area contributed by atoms with Crippen LogP contribution in [0.2, 0.25) is 0 Å². The standard InChI is InChI=1S/C17H11FN2O5/c18-11-3-1-10(2-4-11)8-19-9-14(17(22)23)16(21)13-7-12(20(24)25)5-6-15(13)19/h1-7,9H,8H2,(H,22,23). The van der Waals surface area contributed by atoms with Gasteiger partial charge in [0.1, 0.15) is 11.4 Å². The molecule has 2 aromatic carbocycles. The Bertz CT molecular complexity index is 1060. The van der Waals surface area contributed by atoms with Crippen LogP contribution in [0.25, 0.3) is 10.9 Å². The van der Waals surface area contributed by atoms with E-state index in [1.807, 2.05) is 0 Å². The summed E-state index contributed by atoms with van der Waals surface area (Å²) in [7, 11) is 0. The Morgan fingerprint density at radius 2 is 1.88 bits per heavy atom. The van der Waals surface area contributed by atoms with Crippen molar-refractivity contribution < 1.29 is 19.2 Å². The maximum absolute atomic E-state index is 13.0. The number of carbonyl (C=O) groups is 1. The van der Waals surface area contributed by atoms with Crippen LogP contribution in [0, 0.1) is 15.9 Å². The fraction of sp³-hybridized carbons (Fsp3) is 0.0588. The maximum Gasteiger partial charge on any atom is 0.341 e. The third kappa shape index (κ3) is 3.09. The highest BCUT2D eigenvalue weighted by atomic mass is 19.1. The molecular formula is C17H11FN2O5. The van der Waals surface area contributed by atoms with Gasteiger partial charge in [-0.05, 0) is 23.8 Å². The molecule has 0 saturated heterocycles. The molecule has 0 fully saturated rings. The molecule has 0 radical (unpaired) electrons. The summed E-state index contributed by atoms with van der Waals surface area (Å²) in [6.45, 7) is 0.176. The number of carboxylic acids is 1. The number of pyridine rings is 1. The van der Waals surface area contributed by atoms with E-state index in [1.54, 1.807) is 0 Å². The molecule has 25 heavy (non-hydrogen) atoms. The van der Waals surface area contributed by atoms with Crippen molar-refractivity contribution in [2.24, 2.45) is 0 Å². The zero-order valence-corrected chi connectivity index (χ0v) is 12.7. The molecular weight excluding hydrogens is 331 g/mol. The Morgan fingerprint density at radius 1 is 1.20 bits per heavy atom. The summed E-state index contributed by atoms with van der Waals surface area (Å²) in [6.07, 6.45) is 1.18. The van der Waals surface area contributed by atoms with E-state index in [0.717, 1.165) is 6.07 Å². The minimum atomic E-state index is -1.42. The molecule has 0 saturated carbocycles. The number of rotatable bonds is 4. The number of halogens is 1. The van der Waals surface area contributed by atoms with Crippen LogP contribution in [0.4, 0.5) is 10.1 Å². The molecule has 0 amide bonds. The van der Waals surface area contributed by atoms with E-state index >= 15 is 0 Å². The number of hydrogen-bond donors (Lipinski definition) is 1. The number of aromatic nitrogens is 1. The predicted octanol–water partition coefficient (Wildman–Crippen LogP) is 2.80. The van der Waals surface area contributed by atoms with Crippen LogP contribution < -0.4 is 5.43 Å². The number of nitro benzene ring substituents is 1. The maximum atomic E-state index is 13.0. The third-order valence-corrected chi connectivity index (χ3v) is 3.77. The van der Waals surface area contributed by atoms with E-state index in [9.17, 15) is 29.2 Å². The van der Waals surface area contributed by atoms with E-state index in [-0.39, 0.29) is 17.6 Å². The molecule has 0 atom stereocenters. The number of nitro groups is 1. The number of nitrogens with zero attached hydrogens (tertiary/aromatic N) is 2. The lowest BCUT2D eigenvalue weighted by atomic mass is 10.1. The number of hydrogen-bond acceptors (Lipinski definition) is 4. The second-order valence-corrected chi connectivity index (χ2v) is 5.39. The van der Waals surface area contributed by atoms with Crippen LogP contribution in [0.5, 0.6) is 0 Å². The van der Waals surface area contributed by atoms with Gasteiger partial charge in [-0.15, -0.1) is 0 Å². The normalized spacial score (nSPS) is 10.8. The average Bonchev–Trinajstić information content (AvgIpc) is 2.58. The second-order valence-electron chi connectivity index (χ2n) is 5.39. The highest BCUT2D eigenvalue weighted by Gasteiger charge is 2.17. The molecule has 0 unspecified atom stereocenters. The summed E-state index contributed by atoms with van der Waals surface area (Å²) in [5.41, 5.74) is -0.553. The van der Waals surface area contributed by atoms with Gasteiger partial charge >= 0.3 is 5.97 Å². The van der Waals surface area contributed by atoms with Crippen LogP contribution in [0.3, 0.4) is 0 Å². The minimum Gasteiger partial charge on any atom is -0.477 e. The number of carboxylic acid groups (broad SMARTS) is 1. The van der Waals surface area contributed by atoms with Crippen molar-refractivity contribution in [2.45, 2.75) is 6.54 Å². The fourth-order valence-electron chi connectivity index (χ4n) is 2.57. The number of fused-ring (bicyclic) bond motifs is 1. The molecule has 1 N–H and O–H groups in total. The molecule has 1 aromatic heterocycles. The van der Waals surface area contributed by atoms with E-state index in [2.05, 4.69) is 0 Å². The zero-order valence-electron chi connectivity index (χ0n) is 12.7. The van der Waals surface area contributed by atoms with Crippen molar-refractivity contribution in [2.75, 3.05) is 0 Å². The molecule has 0 spiro atoms. The first-order valence-corrected chi connectivity index (χ1v) is 7.16. The lowest BCUT2D eigenvalue weighted by Gasteiger charge is -2.12. The third-order valence-electron chi connectivity index (χ3n) is 3.77. The number of benzene rings is 2. The van der Waals surface area contributed by atoms with Crippen molar-refractivity contribution in [3.8, 4) is 0 Å². The summed E-state index contributed by atoms with van der Waals surface area (Å²) in [5, 5.41) is 20.1. The van der Waals surface area contributed by atoms with Gasteiger partial charge in [0.05, 0.1) is 15.8 Å². The first-order valence-electron chi connectivity index (χ1n) is 7.16. The summed E-state index contributed by atoms with van der Waals surface area (Å²) < 4.78 is 14.5. The Hall–Kier alpha value is -3.55. The van der Waals surface area contributed by atoms with Crippen molar-refractivity contribution >= 4 is 22.6 Å². The van der Waals surface area contributed by atoms with E-state index in [4.69, 9.17) is 0 Å². The molecule has 8 heteroatoms. The molecule has 0 aliphatic carbocycles. The molecule has 0 aliphatic rings. The molecule has 0 aliphatic heterocycles. The Balaban J connectivity index is 2.24. The highest BCUT2D eigenvalue weighted by molar-refractivity contribution is 5.93. The van der Waals surface area contributed by atoms with Gasteiger partial charge in [0.15, 0.2) is 0 Å². The smallest absolute Gasteiger partial charge is 0.341 e. The highest BCUT2D eigenvalue weighted by Crippen LogP contribution is 2.20. The average molecular weight is 342 g/mol. The van der Waals surface area contributed by atoms with Gasteiger partial charge in [-0.25, -0.2) is 9.18 Å². The van der Waals surface area contributed by atoms with Crippen LogP contribution in [-0.4, -0.2) is 20.6 Å². The summed E-state index contributed by atoms with van der Waals surface area (Å²) in [5.74, 6) is -1.83. The summed E-state index contributed by atoms with van der Waals surface area (Å²) >= 11 is 0. The van der Waals surface area contributed by atoms with Crippen LogP contribution in [-0.2, 0) is 6.54 Å². The van der Waals surface area contributed by atoms with Gasteiger partial charge in [-0.3, -0.25) is 14.9 Å². The quantitative estimate of drug-likeness (QED) is 0.580. The van der Waals surface area contributed by atoms with Crippen molar-refractivity contribution in [1.82, 2.24) is 4.57 Å². The first-order chi connectivity index (χ1) is 11.9. The lowest BCUT2D eigenvalue weighted by molar-refractivity contribution is -0.384. The SMILES string of the molecule is O=C(O)c1cn(Cc2ccc(F)cc2)c2ccc([N+](=O)[O-])cc2c1=O. The molecule has 7 nitrogen and oxygen atoms in total. The van der Waals surface area contributed by atoms with Gasteiger partial charge < -0.3 is 9.67 Å². The summed E-state index contributed by atoms with van der Waals surface area (Å²) in [6, 6.07) is 9.29. The van der Waals surface area contributed by atoms with Gasteiger partial charge in [-0.2, -0.15) is 0 Å². The topological polar surface area (TPSA) is 102 Å². The van der Waals surface area contributed by atoms with Gasteiger partial charge in [0.2, 0.25) is 5.43 Å². The van der Waals surface area contributed by atoms with Crippen molar-refractivity contribution in [3.05, 3.63) is 85.9 Å². The molecule has 1 heterocycles. The minimum absolute atomic E-state index is 0.0591. The summed E-state index contributed by atoms with van der Waals surface area (Å²) in [4.78, 5) is 33.9. The Kier molecular flexibility index (Phi) is 4.02. The molecule has 0 bridgehead atoms. The van der Waals surface area contributed by atoms with Crippen LogP contribution >= 0.6 is 0 Å². The largest absolute Gasteiger partial charge is 0.477 e. The van der Waals surface area contributed by atoms with Gasteiger partial charge in [-0.1, -0.05) is 12.1 Å². The first kappa shape index (κ1) is 16.3.